The summed E-state index contributed by atoms with van der Waals surface area (Å²) in [7, 11) is 0. The maximum atomic E-state index is 12.0. The van der Waals surface area contributed by atoms with E-state index in [0.717, 1.165) is 38.2 Å². The first-order valence-corrected chi connectivity index (χ1v) is 8.97. The van der Waals surface area contributed by atoms with E-state index < -0.39 is 11.8 Å². The number of amides is 2. The van der Waals surface area contributed by atoms with Gasteiger partial charge in [0, 0.05) is 25.0 Å². The van der Waals surface area contributed by atoms with Crippen LogP contribution in [0.15, 0.2) is 54.7 Å². The third-order valence-corrected chi connectivity index (χ3v) is 4.61. The number of para-hydroxylation sites is 1. The summed E-state index contributed by atoms with van der Waals surface area (Å²) in [6.07, 6.45) is 3.83. The first-order valence-electron chi connectivity index (χ1n) is 8.97. The number of nitrogens with zero attached hydrogens (tertiary/aromatic N) is 2. The highest BCUT2D eigenvalue weighted by Crippen LogP contribution is 2.17. The van der Waals surface area contributed by atoms with Gasteiger partial charge in [-0.25, -0.2) is 0 Å². The van der Waals surface area contributed by atoms with Gasteiger partial charge in [0.1, 0.15) is 0 Å². The van der Waals surface area contributed by atoms with Gasteiger partial charge in [0.15, 0.2) is 0 Å². The minimum absolute atomic E-state index is 0.406. The molecule has 1 aliphatic heterocycles. The van der Waals surface area contributed by atoms with E-state index in [4.69, 9.17) is 0 Å². The molecule has 2 aromatic rings. The number of nitrogens with one attached hydrogen (secondary N) is 2. The normalized spacial score (nSPS) is 15.4. The Balaban J connectivity index is 1.36. The van der Waals surface area contributed by atoms with Gasteiger partial charge in [0.05, 0.1) is 5.69 Å². The highest BCUT2D eigenvalue weighted by molar-refractivity contribution is 6.39. The number of pyridine rings is 1. The van der Waals surface area contributed by atoms with Gasteiger partial charge in [-0.15, -0.1) is 0 Å². The molecule has 2 amide bonds. The lowest BCUT2D eigenvalue weighted by molar-refractivity contribution is -0.136. The average Bonchev–Trinajstić information content (AvgIpc) is 2.69. The highest BCUT2D eigenvalue weighted by Gasteiger charge is 2.21. The molecular weight excluding hydrogens is 328 g/mol. The predicted octanol–water partition coefficient (Wildman–Crippen LogP) is 2.05. The quantitative estimate of drug-likeness (QED) is 0.808. The first kappa shape index (κ1) is 18.1. The van der Waals surface area contributed by atoms with Gasteiger partial charge in [0.25, 0.3) is 0 Å². The van der Waals surface area contributed by atoms with Crippen LogP contribution >= 0.6 is 0 Å². The van der Waals surface area contributed by atoms with Gasteiger partial charge in [0.2, 0.25) is 0 Å². The van der Waals surface area contributed by atoms with Crippen molar-refractivity contribution in [2.75, 3.05) is 25.0 Å². The lowest BCUT2D eigenvalue weighted by Crippen LogP contribution is -2.41. The molecule has 6 heteroatoms. The fourth-order valence-corrected chi connectivity index (χ4v) is 3.10. The van der Waals surface area contributed by atoms with Crippen LogP contribution in [-0.4, -0.2) is 41.3 Å². The van der Waals surface area contributed by atoms with E-state index in [0.29, 0.717) is 18.2 Å². The van der Waals surface area contributed by atoms with Crippen LogP contribution in [0.5, 0.6) is 0 Å². The van der Waals surface area contributed by atoms with Crippen LogP contribution in [0.25, 0.3) is 0 Å². The van der Waals surface area contributed by atoms with Crippen molar-refractivity contribution < 1.29 is 9.59 Å². The predicted molar refractivity (Wildman–Crippen MR) is 100 cm³/mol. The minimum atomic E-state index is -0.621. The molecule has 6 nitrogen and oxygen atoms in total. The molecule has 1 aromatic heterocycles. The number of anilines is 1. The summed E-state index contributed by atoms with van der Waals surface area (Å²) in [5, 5.41) is 5.35. The topological polar surface area (TPSA) is 74.3 Å². The second-order valence-electron chi connectivity index (χ2n) is 6.57. The van der Waals surface area contributed by atoms with E-state index in [2.05, 4.69) is 20.5 Å². The molecule has 1 saturated heterocycles. The summed E-state index contributed by atoms with van der Waals surface area (Å²) in [4.78, 5) is 30.6. The Morgan fingerprint density at radius 2 is 1.73 bits per heavy atom. The largest absolute Gasteiger partial charge is 0.348 e. The smallest absolute Gasteiger partial charge is 0.313 e. The molecule has 0 aliphatic carbocycles. The van der Waals surface area contributed by atoms with Gasteiger partial charge in [-0.1, -0.05) is 24.3 Å². The Hall–Kier alpha value is -2.73. The zero-order chi connectivity index (χ0) is 18.2. The Labute approximate surface area is 153 Å². The molecule has 3 rings (SSSR count). The van der Waals surface area contributed by atoms with Crippen LogP contribution < -0.4 is 10.6 Å². The van der Waals surface area contributed by atoms with E-state index in [1.54, 1.807) is 12.1 Å². The number of carbonyl (C=O) groups is 2. The van der Waals surface area contributed by atoms with E-state index >= 15 is 0 Å². The molecule has 0 unspecified atom stereocenters. The number of carbonyl (C=O) groups excluding carboxylic acids is 2. The molecule has 1 aliphatic rings. The third kappa shape index (κ3) is 5.39. The van der Waals surface area contributed by atoms with Crippen LogP contribution in [0.1, 0.15) is 18.5 Å². The van der Waals surface area contributed by atoms with Crippen molar-refractivity contribution in [1.82, 2.24) is 15.2 Å². The second kappa shape index (κ2) is 9.10. The number of piperidine rings is 1. The summed E-state index contributed by atoms with van der Waals surface area (Å²) < 4.78 is 0. The van der Waals surface area contributed by atoms with E-state index in [1.165, 1.54) is 0 Å². The van der Waals surface area contributed by atoms with Crippen molar-refractivity contribution in [1.29, 1.82) is 0 Å². The second-order valence-corrected chi connectivity index (χ2v) is 6.57. The fourth-order valence-electron chi connectivity index (χ4n) is 3.10. The van der Waals surface area contributed by atoms with Crippen LogP contribution in [0.3, 0.4) is 0 Å². The average molecular weight is 352 g/mol. The van der Waals surface area contributed by atoms with Crippen LogP contribution in [0.4, 0.5) is 5.69 Å². The van der Waals surface area contributed by atoms with Gasteiger partial charge >= 0.3 is 11.8 Å². The summed E-state index contributed by atoms with van der Waals surface area (Å²) in [6, 6.07) is 15.0. The number of hydrogen-bond acceptors (Lipinski definition) is 4. The maximum absolute atomic E-state index is 12.0. The Kier molecular flexibility index (Phi) is 6.33. The lowest BCUT2D eigenvalue weighted by atomic mass is 9.96. The summed E-state index contributed by atoms with van der Waals surface area (Å²) in [5.74, 6) is -0.794. The number of benzene rings is 1. The number of hydrogen-bond donors (Lipinski definition) is 2. The van der Waals surface area contributed by atoms with Crippen LogP contribution in [0, 0.1) is 5.92 Å². The standard InChI is InChI=1S/C20H24N4O2/c25-19(20(26)23-17-6-2-1-3-7-17)22-14-16-9-12-24(13-10-16)15-18-8-4-5-11-21-18/h1-8,11,16H,9-10,12-15H2,(H,22,25)(H,23,26). The number of likely N-dealkylation sites (tertiary alicyclic amines) is 1. The zero-order valence-electron chi connectivity index (χ0n) is 14.7. The Morgan fingerprint density at radius 3 is 2.42 bits per heavy atom. The lowest BCUT2D eigenvalue weighted by Gasteiger charge is -2.31. The molecule has 1 fully saturated rings. The molecule has 26 heavy (non-hydrogen) atoms. The third-order valence-electron chi connectivity index (χ3n) is 4.61. The summed E-state index contributed by atoms with van der Waals surface area (Å²) in [5.41, 5.74) is 1.70. The molecule has 0 atom stereocenters. The molecule has 0 radical (unpaired) electrons. The van der Waals surface area contributed by atoms with Gasteiger partial charge in [-0.05, 0) is 56.1 Å². The highest BCUT2D eigenvalue weighted by atomic mass is 16.2. The number of rotatable bonds is 5. The monoisotopic (exact) mass is 352 g/mol. The Morgan fingerprint density at radius 1 is 1.00 bits per heavy atom. The minimum Gasteiger partial charge on any atom is -0.348 e. The van der Waals surface area contributed by atoms with Gasteiger partial charge in [-0.2, -0.15) is 0 Å². The van der Waals surface area contributed by atoms with Crippen molar-refractivity contribution >= 4 is 17.5 Å². The van der Waals surface area contributed by atoms with Gasteiger partial charge in [-0.3, -0.25) is 19.5 Å². The Bertz CT molecular complexity index is 713. The molecule has 0 spiro atoms. The molecule has 2 N–H and O–H groups in total. The maximum Gasteiger partial charge on any atom is 0.313 e. The summed E-state index contributed by atoms with van der Waals surface area (Å²) >= 11 is 0. The van der Waals surface area contributed by atoms with E-state index in [1.807, 2.05) is 42.6 Å². The van der Waals surface area contributed by atoms with E-state index in [9.17, 15) is 9.59 Å². The van der Waals surface area contributed by atoms with Crippen molar-refractivity contribution in [3.8, 4) is 0 Å². The molecular formula is C20H24N4O2. The van der Waals surface area contributed by atoms with Crippen molar-refractivity contribution in [2.24, 2.45) is 5.92 Å². The number of aromatic nitrogens is 1. The van der Waals surface area contributed by atoms with Crippen molar-refractivity contribution in [3.63, 3.8) is 0 Å². The molecule has 136 valence electrons. The van der Waals surface area contributed by atoms with Crippen LogP contribution in [-0.2, 0) is 16.1 Å². The molecule has 0 bridgehead atoms. The van der Waals surface area contributed by atoms with Crippen molar-refractivity contribution in [3.05, 3.63) is 60.4 Å². The van der Waals surface area contributed by atoms with Crippen molar-refractivity contribution in [2.45, 2.75) is 19.4 Å². The van der Waals surface area contributed by atoms with Crippen LogP contribution in [0.2, 0.25) is 0 Å². The molecule has 1 aromatic carbocycles. The SMILES string of the molecule is O=C(NCC1CCN(Cc2ccccn2)CC1)C(=O)Nc1ccccc1. The summed E-state index contributed by atoms with van der Waals surface area (Å²) in [6.45, 7) is 3.36. The van der Waals surface area contributed by atoms with Gasteiger partial charge < -0.3 is 10.6 Å². The molecule has 2 heterocycles. The molecule has 0 saturated carbocycles. The zero-order valence-corrected chi connectivity index (χ0v) is 14.7. The van der Waals surface area contributed by atoms with E-state index in [-0.39, 0.29) is 0 Å². The fraction of sp³-hybridized carbons (Fsp3) is 0.350. The first-order chi connectivity index (χ1) is 12.7.